The zero-order valence-electron chi connectivity index (χ0n) is 45.0. The largest absolute Gasteiger partial charge is 0.310 e. The lowest BCUT2D eigenvalue weighted by molar-refractivity contribution is 0.444. The van der Waals surface area contributed by atoms with Gasteiger partial charge in [0.25, 0.3) is 0 Å². The molecule has 11 aromatic rings. The molecule has 2 heteroatoms. The van der Waals surface area contributed by atoms with Crippen LogP contribution in [0.3, 0.4) is 0 Å². The second kappa shape index (κ2) is 20.7. The maximum atomic E-state index is 2.55. The van der Waals surface area contributed by atoms with Crippen molar-refractivity contribution in [2.24, 2.45) is 0 Å². The average Bonchev–Trinajstić information content (AvgIpc) is 4.12. The van der Waals surface area contributed by atoms with E-state index in [4.69, 9.17) is 0 Å². The van der Waals surface area contributed by atoms with E-state index in [0.29, 0.717) is 5.92 Å². The van der Waals surface area contributed by atoms with Crippen molar-refractivity contribution < 1.29 is 0 Å². The smallest absolute Gasteiger partial charge is 0.0541 e. The molecular weight excluding hydrogens is 929 g/mol. The van der Waals surface area contributed by atoms with Crippen LogP contribution >= 0.6 is 0 Å². The Balaban J connectivity index is 0.812. The molecule has 77 heavy (non-hydrogen) atoms. The lowest BCUT2D eigenvalue weighted by Gasteiger charge is -2.30. The van der Waals surface area contributed by atoms with E-state index in [1.165, 1.54) is 163 Å². The number of aryl methyl sites for hydroxylation is 1. The van der Waals surface area contributed by atoms with Crippen LogP contribution in [0.2, 0.25) is 0 Å². The summed E-state index contributed by atoms with van der Waals surface area (Å²) in [5.41, 5.74) is 25.0. The van der Waals surface area contributed by atoms with E-state index in [2.05, 4.69) is 261 Å². The SMILES string of the molecule is CCCCCCc1ccc2c(c1)c1cc(C3CCCCC3)ccc1n2-c1ccc(-c2ccc(-c3ccc(N(c4ccc5c(c4)C(C)(C)c4ccccc4-5)c4ccccc4-c4cccc(-c5ccccc5)c4)cc3)cc2)cc1. The molecule has 10 aromatic carbocycles. The van der Waals surface area contributed by atoms with Gasteiger partial charge in [-0.2, -0.15) is 0 Å². The molecule has 1 heterocycles. The molecule has 0 atom stereocenters. The van der Waals surface area contributed by atoms with E-state index in [1.54, 1.807) is 0 Å². The van der Waals surface area contributed by atoms with Gasteiger partial charge in [0, 0.05) is 38.8 Å². The zero-order valence-corrected chi connectivity index (χ0v) is 45.0. The van der Waals surface area contributed by atoms with Crippen LogP contribution in [0.15, 0.2) is 231 Å². The first-order chi connectivity index (χ1) is 37.9. The highest BCUT2D eigenvalue weighted by Gasteiger charge is 2.36. The fourth-order valence-corrected chi connectivity index (χ4v) is 13.1. The third-order valence-electron chi connectivity index (χ3n) is 17.3. The maximum Gasteiger partial charge on any atom is 0.0541 e. The van der Waals surface area contributed by atoms with Crippen molar-refractivity contribution in [1.29, 1.82) is 0 Å². The third-order valence-corrected chi connectivity index (χ3v) is 17.3. The van der Waals surface area contributed by atoms with Gasteiger partial charge >= 0.3 is 0 Å². The third kappa shape index (κ3) is 9.18. The Bertz CT molecular complexity index is 3890. The number of benzene rings is 10. The minimum absolute atomic E-state index is 0.127. The molecule has 0 spiro atoms. The number of hydrogen-bond donors (Lipinski definition) is 0. The molecule has 1 aromatic heterocycles. The standard InChI is InChI=1S/C75H68N2/c1-4-5-6-9-19-52-30-46-73-68(48-52)69-50-60(54-22-12-8-13-23-54)39-47-74(69)77(73)63-42-37-58(38-43-63)56-33-31-55(32-34-56)57-35-40-62(41-36-57)76(64-44-45-67-66-27-14-16-28-70(66)75(2,3)71(67)51-64)72-29-17-15-26-65(72)61-25-18-24-59(49-61)53-20-10-7-11-21-53/h7,10-11,14-18,20-21,24-51,54H,4-6,8-9,12-13,19,22-23H2,1-3H3. The van der Waals surface area contributed by atoms with Gasteiger partial charge in [-0.3, -0.25) is 0 Å². The second-order valence-electron chi connectivity index (χ2n) is 22.5. The summed E-state index contributed by atoms with van der Waals surface area (Å²) in [5, 5.41) is 2.78. The molecule has 2 aliphatic rings. The average molecular weight is 997 g/mol. The summed E-state index contributed by atoms with van der Waals surface area (Å²) in [6, 6.07) is 86.8. The summed E-state index contributed by atoms with van der Waals surface area (Å²) in [6.45, 7) is 7.03. The Morgan fingerprint density at radius 2 is 1.01 bits per heavy atom. The Kier molecular flexibility index (Phi) is 13.0. The highest BCUT2D eigenvalue weighted by Crippen LogP contribution is 2.51. The van der Waals surface area contributed by atoms with Crippen molar-refractivity contribution in [2.45, 2.75) is 96.3 Å². The molecule has 2 nitrogen and oxygen atoms in total. The predicted octanol–water partition coefficient (Wildman–Crippen LogP) is 21.4. The molecule has 0 bridgehead atoms. The summed E-state index contributed by atoms with van der Waals surface area (Å²) >= 11 is 0. The molecule has 2 aliphatic carbocycles. The van der Waals surface area contributed by atoms with Crippen molar-refractivity contribution in [3.05, 3.63) is 253 Å². The van der Waals surface area contributed by atoms with Gasteiger partial charge in [0.15, 0.2) is 0 Å². The fraction of sp³-hybridized carbons (Fsp3) is 0.200. The molecule has 0 aliphatic heterocycles. The maximum absolute atomic E-state index is 2.55. The molecule has 13 rings (SSSR count). The molecule has 378 valence electrons. The van der Waals surface area contributed by atoms with Gasteiger partial charge in [-0.05, 0) is 177 Å². The molecule has 0 unspecified atom stereocenters. The number of nitrogens with zero attached hydrogens (tertiary/aromatic N) is 2. The molecule has 0 amide bonds. The van der Waals surface area contributed by atoms with Crippen molar-refractivity contribution in [1.82, 2.24) is 4.57 Å². The summed E-state index contributed by atoms with van der Waals surface area (Å²) < 4.78 is 2.50. The number of hydrogen-bond acceptors (Lipinski definition) is 1. The van der Waals surface area contributed by atoms with Crippen molar-refractivity contribution in [2.75, 3.05) is 4.90 Å². The summed E-state index contributed by atoms with van der Waals surface area (Å²) in [6.07, 6.45) is 13.0. The number of rotatable bonds is 14. The summed E-state index contributed by atoms with van der Waals surface area (Å²) in [5.74, 6) is 0.676. The van der Waals surface area contributed by atoms with Crippen LogP contribution in [0.1, 0.15) is 107 Å². The number of fused-ring (bicyclic) bond motifs is 6. The lowest BCUT2D eigenvalue weighted by atomic mass is 9.82. The minimum atomic E-state index is -0.127. The Hall–Kier alpha value is -8.20. The summed E-state index contributed by atoms with van der Waals surface area (Å²) in [7, 11) is 0. The Morgan fingerprint density at radius 1 is 0.429 bits per heavy atom. The molecule has 0 radical (unpaired) electrons. The van der Waals surface area contributed by atoms with Crippen LogP contribution in [0.4, 0.5) is 17.1 Å². The number of unbranched alkanes of at least 4 members (excludes halogenated alkanes) is 3. The first-order valence-corrected chi connectivity index (χ1v) is 28.6. The highest BCUT2D eigenvalue weighted by atomic mass is 15.1. The first-order valence-electron chi connectivity index (χ1n) is 28.6. The van der Waals surface area contributed by atoms with E-state index in [1.807, 2.05) is 0 Å². The van der Waals surface area contributed by atoms with Gasteiger partial charge in [-0.15, -0.1) is 0 Å². The van der Waals surface area contributed by atoms with Gasteiger partial charge in [0.1, 0.15) is 0 Å². The Morgan fingerprint density at radius 3 is 1.75 bits per heavy atom. The van der Waals surface area contributed by atoms with E-state index in [9.17, 15) is 0 Å². The van der Waals surface area contributed by atoms with Crippen LogP contribution in [0, 0.1) is 0 Å². The van der Waals surface area contributed by atoms with E-state index in [-0.39, 0.29) is 5.41 Å². The van der Waals surface area contributed by atoms with Crippen LogP contribution in [-0.2, 0) is 11.8 Å². The predicted molar refractivity (Wildman–Crippen MR) is 328 cm³/mol. The fourth-order valence-electron chi connectivity index (χ4n) is 13.1. The van der Waals surface area contributed by atoms with Gasteiger partial charge in [0.2, 0.25) is 0 Å². The monoisotopic (exact) mass is 997 g/mol. The van der Waals surface area contributed by atoms with Crippen molar-refractivity contribution >= 4 is 38.9 Å². The van der Waals surface area contributed by atoms with Crippen molar-refractivity contribution in [3.63, 3.8) is 0 Å². The van der Waals surface area contributed by atoms with E-state index < -0.39 is 0 Å². The van der Waals surface area contributed by atoms with Gasteiger partial charge in [0.05, 0.1) is 16.7 Å². The number of anilines is 3. The normalized spacial score (nSPS) is 14.0. The topological polar surface area (TPSA) is 8.17 Å². The minimum Gasteiger partial charge on any atom is -0.310 e. The van der Waals surface area contributed by atoms with Gasteiger partial charge in [-0.1, -0.05) is 217 Å². The molecular formula is C75H68N2. The molecule has 0 N–H and O–H groups in total. The first kappa shape index (κ1) is 48.4. The quantitative estimate of drug-likeness (QED) is 0.0986. The number of para-hydroxylation sites is 1. The number of aromatic nitrogens is 1. The highest BCUT2D eigenvalue weighted by molar-refractivity contribution is 6.10. The molecule has 1 fully saturated rings. The molecule has 0 saturated heterocycles. The van der Waals surface area contributed by atoms with Crippen LogP contribution in [0.5, 0.6) is 0 Å². The van der Waals surface area contributed by atoms with E-state index in [0.717, 1.165) is 23.5 Å². The van der Waals surface area contributed by atoms with E-state index >= 15 is 0 Å². The second-order valence-corrected chi connectivity index (χ2v) is 22.5. The summed E-state index contributed by atoms with van der Waals surface area (Å²) in [4.78, 5) is 2.46. The van der Waals surface area contributed by atoms with Crippen molar-refractivity contribution in [3.8, 4) is 61.3 Å². The van der Waals surface area contributed by atoms with Crippen LogP contribution < -0.4 is 4.90 Å². The van der Waals surface area contributed by atoms with Gasteiger partial charge in [-0.25, -0.2) is 0 Å². The van der Waals surface area contributed by atoms with Gasteiger partial charge < -0.3 is 9.47 Å². The zero-order chi connectivity index (χ0) is 51.9. The lowest BCUT2D eigenvalue weighted by Crippen LogP contribution is -2.16. The Labute approximate surface area is 456 Å². The molecule has 1 saturated carbocycles. The van der Waals surface area contributed by atoms with Crippen LogP contribution in [-0.4, -0.2) is 4.57 Å². The van der Waals surface area contributed by atoms with Crippen LogP contribution in [0.25, 0.3) is 83.1 Å².